The highest BCUT2D eigenvalue weighted by atomic mass is 32.2. The van der Waals surface area contributed by atoms with Gasteiger partial charge in [0.15, 0.2) is 0 Å². The lowest BCUT2D eigenvalue weighted by molar-refractivity contribution is -0.0238. The molecular formula is C19H21F2NO3S. The van der Waals surface area contributed by atoms with Crippen molar-refractivity contribution in [3.63, 3.8) is 0 Å². The van der Waals surface area contributed by atoms with E-state index in [1.54, 1.807) is 0 Å². The molecule has 1 N–H and O–H groups in total. The van der Waals surface area contributed by atoms with E-state index in [-0.39, 0.29) is 16.9 Å². The maximum absolute atomic E-state index is 12.6. The summed E-state index contributed by atoms with van der Waals surface area (Å²) in [6.45, 7) is 1.39. The van der Waals surface area contributed by atoms with E-state index in [1.165, 1.54) is 24.3 Å². The van der Waals surface area contributed by atoms with E-state index < -0.39 is 15.6 Å². The van der Waals surface area contributed by atoms with Gasteiger partial charge in [-0.3, -0.25) is 0 Å². The molecule has 3 rings (SSSR count). The fourth-order valence-electron chi connectivity index (χ4n) is 3.18. The van der Waals surface area contributed by atoms with Crippen molar-refractivity contribution in [1.82, 2.24) is 0 Å². The molecule has 0 amide bonds. The predicted octanol–water partition coefficient (Wildman–Crippen LogP) is 4.26. The molecule has 26 heavy (non-hydrogen) atoms. The van der Waals surface area contributed by atoms with Crippen LogP contribution in [0.25, 0.3) is 0 Å². The highest BCUT2D eigenvalue weighted by molar-refractivity contribution is 7.91. The van der Waals surface area contributed by atoms with Crippen LogP contribution in [0.2, 0.25) is 0 Å². The van der Waals surface area contributed by atoms with Gasteiger partial charge in [0.25, 0.3) is 0 Å². The fraction of sp³-hybridized carbons (Fsp3) is 0.368. The normalized spacial score (nSPS) is 20.9. The quantitative estimate of drug-likeness (QED) is 0.812. The Hall–Kier alpha value is -1.99. The summed E-state index contributed by atoms with van der Waals surface area (Å²) in [6, 6.07) is 15.5. The Kier molecular flexibility index (Phi) is 5.88. The van der Waals surface area contributed by atoms with Gasteiger partial charge in [-0.1, -0.05) is 30.3 Å². The molecule has 2 aromatic carbocycles. The first kappa shape index (κ1) is 18.8. The monoisotopic (exact) mass is 381 g/mol. The summed E-state index contributed by atoms with van der Waals surface area (Å²) < 4.78 is 54.0. The Morgan fingerprint density at radius 1 is 1.08 bits per heavy atom. The number of alkyl halides is 2. The summed E-state index contributed by atoms with van der Waals surface area (Å²) in [5, 5.41) is 3.26. The van der Waals surface area contributed by atoms with E-state index >= 15 is 0 Å². The molecule has 0 aromatic heterocycles. The minimum absolute atomic E-state index is 0.0101. The number of anilines is 1. The van der Waals surface area contributed by atoms with Gasteiger partial charge in [0.2, 0.25) is 9.84 Å². The van der Waals surface area contributed by atoms with Gasteiger partial charge in [0.05, 0.1) is 11.0 Å². The molecule has 0 spiro atoms. The molecule has 4 nitrogen and oxygen atoms in total. The van der Waals surface area contributed by atoms with Crippen molar-refractivity contribution >= 4 is 15.5 Å². The topological polar surface area (TPSA) is 55.4 Å². The van der Waals surface area contributed by atoms with E-state index in [1.807, 2.05) is 30.3 Å². The lowest BCUT2D eigenvalue weighted by Gasteiger charge is -2.32. The predicted molar refractivity (Wildman–Crippen MR) is 96.0 cm³/mol. The van der Waals surface area contributed by atoms with Gasteiger partial charge < -0.3 is 10.1 Å². The molecule has 2 unspecified atom stereocenters. The van der Waals surface area contributed by atoms with Crippen molar-refractivity contribution in [3.8, 4) is 0 Å². The van der Waals surface area contributed by atoms with Crippen molar-refractivity contribution in [2.45, 2.75) is 29.6 Å². The number of nitrogens with one attached hydrogen (secondary N) is 1. The maximum Gasteiger partial charge on any atom is 0.341 e. The first-order chi connectivity index (χ1) is 12.5. The van der Waals surface area contributed by atoms with Gasteiger partial charge in [-0.2, -0.15) is 8.78 Å². The molecule has 0 radical (unpaired) electrons. The summed E-state index contributed by atoms with van der Waals surface area (Å²) >= 11 is 0. The van der Waals surface area contributed by atoms with E-state index in [9.17, 15) is 17.2 Å². The summed E-state index contributed by atoms with van der Waals surface area (Å²) in [5.74, 6) is -3.14. The third kappa shape index (κ3) is 4.22. The fourth-order valence-corrected chi connectivity index (χ4v) is 3.90. The van der Waals surface area contributed by atoms with Crippen LogP contribution in [0.4, 0.5) is 14.5 Å². The molecule has 1 saturated heterocycles. The number of halogens is 2. The van der Waals surface area contributed by atoms with Crippen LogP contribution in [0.5, 0.6) is 0 Å². The largest absolute Gasteiger partial charge is 0.385 e. The molecule has 1 aliphatic rings. The Labute approximate surface area is 152 Å². The second-order valence-corrected chi connectivity index (χ2v) is 8.23. The number of sulfone groups is 1. The van der Waals surface area contributed by atoms with Crippen molar-refractivity contribution in [3.05, 3.63) is 60.2 Å². The number of rotatable bonds is 6. The van der Waals surface area contributed by atoms with Crippen LogP contribution in [0.3, 0.4) is 0 Å². The SMILES string of the molecule is O=S(=O)(c1ccc(NCC2CCCOC2c2ccccc2)cc1)C(F)F. The van der Waals surface area contributed by atoms with Crippen LogP contribution in [-0.4, -0.2) is 27.3 Å². The maximum atomic E-state index is 12.6. The third-order valence-electron chi connectivity index (χ3n) is 4.56. The summed E-state index contributed by atoms with van der Waals surface area (Å²) in [6.07, 6.45) is 2.02. The third-order valence-corrected chi connectivity index (χ3v) is 5.96. The molecule has 1 aliphatic heterocycles. The molecular weight excluding hydrogens is 360 g/mol. The first-order valence-electron chi connectivity index (χ1n) is 8.51. The molecule has 1 heterocycles. The molecule has 0 saturated carbocycles. The number of ether oxygens (including phenoxy) is 1. The first-order valence-corrected chi connectivity index (χ1v) is 10.1. The van der Waals surface area contributed by atoms with E-state index in [4.69, 9.17) is 4.74 Å². The van der Waals surface area contributed by atoms with Gasteiger partial charge in [-0.05, 0) is 42.7 Å². The lowest BCUT2D eigenvalue weighted by Crippen LogP contribution is -2.28. The average molecular weight is 381 g/mol. The van der Waals surface area contributed by atoms with Gasteiger partial charge in [0.1, 0.15) is 0 Å². The molecule has 0 bridgehead atoms. The van der Waals surface area contributed by atoms with Crippen LogP contribution in [0.15, 0.2) is 59.5 Å². The summed E-state index contributed by atoms with van der Waals surface area (Å²) in [4.78, 5) is -0.374. The Morgan fingerprint density at radius 3 is 2.42 bits per heavy atom. The Balaban J connectivity index is 1.66. The van der Waals surface area contributed by atoms with Crippen LogP contribution in [-0.2, 0) is 14.6 Å². The zero-order valence-corrected chi connectivity index (χ0v) is 15.0. The van der Waals surface area contributed by atoms with Gasteiger partial charge >= 0.3 is 5.76 Å². The van der Waals surface area contributed by atoms with Crippen LogP contribution < -0.4 is 5.32 Å². The Bertz CT molecular complexity index is 810. The average Bonchev–Trinajstić information content (AvgIpc) is 2.67. The van der Waals surface area contributed by atoms with Gasteiger partial charge in [0, 0.05) is 24.8 Å². The van der Waals surface area contributed by atoms with E-state index in [0.717, 1.165) is 25.0 Å². The number of hydrogen-bond donors (Lipinski definition) is 1. The molecule has 0 aliphatic carbocycles. The Morgan fingerprint density at radius 2 is 1.77 bits per heavy atom. The lowest BCUT2D eigenvalue weighted by atomic mass is 9.89. The van der Waals surface area contributed by atoms with Crippen LogP contribution in [0, 0.1) is 5.92 Å². The van der Waals surface area contributed by atoms with Crippen molar-refractivity contribution in [2.24, 2.45) is 5.92 Å². The van der Waals surface area contributed by atoms with Crippen molar-refractivity contribution in [1.29, 1.82) is 0 Å². The summed E-state index contributed by atoms with van der Waals surface area (Å²) in [5.41, 5.74) is 1.83. The van der Waals surface area contributed by atoms with Gasteiger partial charge in [-0.25, -0.2) is 8.42 Å². The highest BCUT2D eigenvalue weighted by Crippen LogP contribution is 2.33. The number of benzene rings is 2. The standard InChI is InChI=1S/C19H21F2NO3S/c20-19(21)26(23,24)17-10-8-16(9-11-17)22-13-15-7-4-12-25-18(15)14-5-2-1-3-6-14/h1-3,5-6,8-11,15,18-19,22H,4,7,12-13H2. The smallest absolute Gasteiger partial charge is 0.341 e. The molecule has 7 heteroatoms. The van der Waals surface area contributed by atoms with E-state index in [0.29, 0.717) is 12.2 Å². The van der Waals surface area contributed by atoms with Crippen molar-refractivity contribution in [2.75, 3.05) is 18.5 Å². The molecule has 140 valence electrons. The van der Waals surface area contributed by atoms with Crippen molar-refractivity contribution < 1.29 is 21.9 Å². The second kappa shape index (κ2) is 8.14. The molecule has 1 fully saturated rings. The zero-order chi connectivity index (χ0) is 18.6. The second-order valence-electron chi connectivity index (χ2n) is 6.32. The molecule has 2 atom stereocenters. The highest BCUT2D eigenvalue weighted by Gasteiger charge is 2.28. The summed E-state index contributed by atoms with van der Waals surface area (Å²) in [7, 11) is -4.55. The molecule has 2 aromatic rings. The van der Waals surface area contributed by atoms with Crippen LogP contribution >= 0.6 is 0 Å². The van der Waals surface area contributed by atoms with E-state index in [2.05, 4.69) is 5.32 Å². The minimum Gasteiger partial charge on any atom is -0.385 e. The van der Waals surface area contributed by atoms with Crippen LogP contribution in [0.1, 0.15) is 24.5 Å². The zero-order valence-electron chi connectivity index (χ0n) is 14.1. The van der Waals surface area contributed by atoms with Gasteiger partial charge in [-0.15, -0.1) is 0 Å². The minimum atomic E-state index is -4.55. The number of hydrogen-bond acceptors (Lipinski definition) is 4.